The van der Waals surface area contributed by atoms with Crippen LogP contribution in [0.5, 0.6) is 0 Å². The summed E-state index contributed by atoms with van der Waals surface area (Å²) in [6, 6.07) is 0. The molecule has 0 amide bonds. The number of alkyl halides is 1. The third-order valence-electron chi connectivity index (χ3n) is 2.23. The molecule has 0 spiro atoms. The molecule has 0 aromatic carbocycles. The summed E-state index contributed by atoms with van der Waals surface area (Å²) in [6.07, 6.45) is 2.42. The predicted octanol–water partition coefficient (Wildman–Crippen LogP) is 3.01. The van der Waals surface area contributed by atoms with E-state index < -0.39 is 0 Å². The molecule has 0 heterocycles. The minimum absolute atomic E-state index is 0.0498. The Kier molecular flexibility index (Phi) is 1.77. The normalized spacial score (nSPS) is 37.0. The highest BCUT2D eigenvalue weighted by atomic mass is 35.5. The van der Waals surface area contributed by atoms with Gasteiger partial charge in [0.05, 0.1) is 0 Å². The summed E-state index contributed by atoms with van der Waals surface area (Å²) in [5.74, 6) is 2.21. The first-order valence-electron chi connectivity index (χ1n) is 3.59. The first-order chi connectivity index (χ1) is 4.04. The summed E-state index contributed by atoms with van der Waals surface area (Å²) in [4.78, 5) is 0.0498. The quantitative estimate of drug-likeness (QED) is 0.498. The van der Waals surface area contributed by atoms with Gasteiger partial charge in [-0.25, -0.2) is 0 Å². The standard InChI is InChI=1S/C8H14Cl/c1-6(2)7-4-5-8(7,3)9/h6H,4-5H2,1-3H3. The van der Waals surface area contributed by atoms with Crippen LogP contribution in [0.4, 0.5) is 0 Å². The maximum atomic E-state index is 6.13. The SMILES string of the molecule is CC(C)[C]1CCC1(C)Cl. The number of halogens is 1. The summed E-state index contributed by atoms with van der Waals surface area (Å²) < 4.78 is 0. The van der Waals surface area contributed by atoms with Gasteiger partial charge in [0.1, 0.15) is 0 Å². The van der Waals surface area contributed by atoms with Crippen LogP contribution in [0.1, 0.15) is 33.6 Å². The highest BCUT2D eigenvalue weighted by molar-refractivity contribution is 6.26. The van der Waals surface area contributed by atoms with Crippen molar-refractivity contribution < 1.29 is 0 Å². The molecule has 9 heavy (non-hydrogen) atoms. The van der Waals surface area contributed by atoms with E-state index in [-0.39, 0.29) is 4.87 Å². The van der Waals surface area contributed by atoms with Crippen LogP contribution in [0.3, 0.4) is 0 Å². The van der Waals surface area contributed by atoms with Gasteiger partial charge in [-0.2, -0.15) is 0 Å². The molecule has 53 valence electrons. The van der Waals surface area contributed by atoms with Gasteiger partial charge in [-0.15, -0.1) is 11.6 Å². The zero-order valence-corrected chi connectivity index (χ0v) is 7.13. The average Bonchev–Trinajstić information content (AvgIpc) is 1.62. The average molecular weight is 146 g/mol. The van der Waals surface area contributed by atoms with E-state index >= 15 is 0 Å². The van der Waals surface area contributed by atoms with Gasteiger partial charge in [0.25, 0.3) is 0 Å². The number of hydrogen-bond acceptors (Lipinski definition) is 0. The van der Waals surface area contributed by atoms with E-state index in [2.05, 4.69) is 20.8 Å². The Morgan fingerprint density at radius 3 is 2.11 bits per heavy atom. The fraction of sp³-hybridized carbons (Fsp3) is 0.875. The molecule has 1 atom stereocenters. The van der Waals surface area contributed by atoms with Crippen LogP contribution in [0, 0.1) is 11.8 Å². The van der Waals surface area contributed by atoms with Crippen LogP contribution >= 0.6 is 11.6 Å². The highest BCUT2D eigenvalue weighted by Crippen LogP contribution is 2.49. The van der Waals surface area contributed by atoms with Crippen molar-refractivity contribution in [1.82, 2.24) is 0 Å². The van der Waals surface area contributed by atoms with Gasteiger partial charge in [0.2, 0.25) is 0 Å². The van der Waals surface area contributed by atoms with E-state index in [1.165, 1.54) is 18.8 Å². The highest BCUT2D eigenvalue weighted by Gasteiger charge is 2.42. The third-order valence-corrected chi connectivity index (χ3v) is 2.66. The van der Waals surface area contributed by atoms with Crippen LogP contribution in [0.2, 0.25) is 0 Å². The summed E-state index contributed by atoms with van der Waals surface area (Å²) in [6.45, 7) is 6.55. The fourth-order valence-electron chi connectivity index (χ4n) is 1.50. The molecule has 1 rings (SSSR count). The molecule has 1 radical (unpaired) electrons. The summed E-state index contributed by atoms with van der Waals surface area (Å²) in [5, 5.41) is 0. The molecule has 1 aliphatic rings. The van der Waals surface area contributed by atoms with Crippen molar-refractivity contribution in [1.29, 1.82) is 0 Å². The monoisotopic (exact) mass is 145 g/mol. The molecular formula is C8H14Cl. The van der Waals surface area contributed by atoms with Crippen molar-refractivity contribution in [3.63, 3.8) is 0 Å². The van der Waals surface area contributed by atoms with Gasteiger partial charge in [-0.1, -0.05) is 13.8 Å². The van der Waals surface area contributed by atoms with Gasteiger partial charge in [0.15, 0.2) is 0 Å². The number of hydrogen-bond donors (Lipinski definition) is 0. The Morgan fingerprint density at radius 2 is 2.11 bits per heavy atom. The van der Waals surface area contributed by atoms with E-state index in [1.807, 2.05) is 0 Å². The molecule has 0 nitrogen and oxygen atoms in total. The molecule has 0 bridgehead atoms. The second kappa shape index (κ2) is 2.16. The minimum Gasteiger partial charge on any atom is -0.119 e. The van der Waals surface area contributed by atoms with Crippen molar-refractivity contribution in [3.8, 4) is 0 Å². The van der Waals surface area contributed by atoms with Crippen LogP contribution < -0.4 is 0 Å². The van der Waals surface area contributed by atoms with Gasteiger partial charge in [-0.05, 0) is 31.6 Å². The van der Waals surface area contributed by atoms with Crippen molar-refractivity contribution in [2.75, 3.05) is 0 Å². The van der Waals surface area contributed by atoms with Gasteiger partial charge in [-0.3, -0.25) is 0 Å². The van der Waals surface area contributed by atoms with Crippen molar-refractivity contribution in [2.24, 2.45) is 5.92 Å². The molecule has 1 fully saturated rings. The Hall–Kier alpha value is 0.290. The molecule has 1 aliphatic carbocycles. The maximum absolute atomic E-state index is 6.13. The zero-order valence-electron chi connectivity index (χ0n) is 6.37. The molecule has 1 heteroatoms. The second-order valence-corrected chi connectivity index (χ2v) is 4.21. The summed E-state index contributed by atoms with van der Waals surface area (Å²) in [5.41, 5.74) is 0. The summed E-state index contributed by atoms with van der Waals surface area (Å²) in [7, 11) is 0. The van der Waals surface area contributed by atoms with Crippen molar-refractivity contribution in [3.05, 3.63) is 5.92 Å². The third kappa shape index (κ3) is 1.24. The van der Waals surface area contributed by atoms with Crippen LogP contribution in [-0.2, 0) is 0 Å². The summed E-state index contributed by atoms with van der Waals surface area (Å²) >= 11 is 6.13. The lowest BCUT2D eigenvalue weighted by Gasteiger charge is -2.44. The lowest BCUT2D eigenvalue weighted by atomic mass is 9.68. The molecule has 1 unspecified atom stereocenters. The Balaban J connectivity index is 2.45. The smallest absolute Gasteiger partial charge is 0.0483 e. The van der Waals surface area contributed by atoms with Crippen LogP contribution in [-0.4, -0.2) is 4.87 Å². The van der Waals surface area contributed by atoms with E-state index in [9.17, 15) is 0 Å². The minimum atomic E-state index is 0.0498. The lowest BCUT2D eigenvalue weighted by molar-refractivity contribution is 0.354. The molecule has 1 saturated carbocycles. The van der Waals surface area contributed by atoms with Crippen LogP contribution in [0.15, 0.2) is 0 Å². The molecule has 0 aromatic heterocycles. The topological polar surface area (TPSA) is 0 Å². The van der Waals surface area contributed by atoms with E-state index in [4.69, 9.17) is 11.6 Å². The van der Waals surface area contributed by atoms with Gasteiger partial charge < -0.3 is 0 Å². The molecular weight excluding hydrogens is 132 g/mol. The molecule has 0 N–H and O–H groups in total. The molecule has 0 saturated heterocycles. The predicted molar refractivity (Wildman–Crippen MR) is 41.6 cm³/mol. The molecule has 0 aromatic rings. The fourth-order valence-corrected chi connectivity index (χ4v) is 1.91. The zero-order chi connectivity index (χ0) is 7.07. The Bertz CT molecular complexity index is 105. The van der Waals surface area contributed by atoms with E-state index in [0.29, 0.717) is 5.92 Å². The van der Waals surface area contributed by atoms with E-state index in [0.717, 1.165) is 0 Å². The Morgan fingerprint density at radius 1 is 1.56 bits per heavy atom. The van der Waals surface area contributed by atoms with Gasteiger partial charge in [0, 0.05) is 4.87 Å². The first-order valence-corrected chi connectivity index (χ1v) is 3.97. The van der Waals surface area contributed by atoms with E-state index in [1.54, 1.807) is 0 Å². The largest absolute Gasteiger partial charge is 0.119 e. The Labute approximate surface area is 62.6 Å². The van der Waals surface area contributed by atoms with Crippen molar-refractivity contribution in [2.45, 2.75) is 38.5 Å². The number of rotatable bonds is 1. The second-order valence-electron chi connectivity index (χ2n) is 3.38. The van der Waals surface area contributed by atoms with Gasteiger partial charge >= 0.3 is 0 Å². The van der Waals surface area contributed by atoms with Crippen LogP contribution in [0.25, 0.3) is 0 Å². The lowest BCUT2D eigenvalue weighted by Crippen LogP contribution is -2.39. The van der Waals surface area contributed by atoms with Crippen molar-refractivity contribution >= 4 is 11.6 Å². The first kappa shape index (κ1) is 7.40. The molecule has 0 aliphatic heterocycles. The maximum Gasteiger partial charge on any atom is 0.0483 e.